The third-order valence-electron chi connectivity index (χ3n) is 4.58. The summed E-state index contributed by atoms with van der Waals surface area (Å²) in [6.07, 6.45) is 6.01. The molecule has 1 N–H and O–H groups in total. The molecule has 2 atom stereocenters. The molecule has 0 bridgehead atoms. The molecule has 0 unspecified atom stereocenters. The molecule has 0 aliphatic carbocycles. The van der Waals surface area contributed by atoms with Crippen LogP contribution in [0.5, 0.6) is 5.75 Å². The van der Waals surface area contributed by atoms with Crippen LogP contribution in [0.3, 0.4) is 0 Å². The highest BCUT2D eigenvalue weighted by Crippen LogP contribution is 2.38. The van der Waals surface area contributed by atoms with Gasteiger partial charge in [0.2, 0.25) is 5.91 Å². The van der Waals surface area contributed by atoms with Crippen molar-refractivity contribution < 1.29 is 9.53 Å². The minimum absolute atomic E-state index is 0.00358. The van der Waals surface area contributed by atoms with Crippen molar-refractivity contribution in [1.82, 2.24) is 10.3 Å². The van der Waals surface area contributed by atoms with Crippen LogP contribution in [0.15, 0.2) is 42.7 Å². The number of ether oxygens (including phenoxy) is 1. The fourth-order valence-corrected chi connectivity index (χ4v) is 2.97. The van der Waals surface area contributed by atoms with Crippen LogP contribution >= 0.6 is 0 Å². The van der Waals surface area contributed by atoms with Gasteiger partial charge in [0.15, 0.2) is 0 Å². The third kappa shape index (κ3) is 3.75. The summed E-state index contributed by atoms with van der Waals surface area (Å²) in [6.45, 7) is 4.76. The predicted molar refractivity (Wildman–Crippen MR) is 94.9 cm³/mol. The van der Waals surface area contributed by atoms with E-state index in [4.69, 9.17) is 4.74 Å². The molecule has 126 valence electrons. The molecule has 1 aliphatic rings. The molecule has 0 saturated carbocycles. The monoisotopic (exact) mass is 324 g/mol. The van der Waals surface area contributed by atoms with Crippen molar-refractivity contribution in [1.29, 1.82) is 0 Å². The largest absolute Gasteiger partial charge is 0.487 e. The molecule has 2 aromatic rings. The summed E-state index contributed by atoms with van der Waals surface area (Å²) in [6, 6.07) is 10.2. The number of amides is 1. The molecule has 2 heterocycles. The normalized spacial score (nSPS) is 17.0. The van der Waals surface area contributed by atoms with E-state index in [1.807, 2.05) is 12.1 Å². The quantitative estimate of drug-likeness (QED) is 0.883. The van der Waals surface area contributed by atoms with E-state index >= 15 is 0 Å². The number of rotatable bonds is 6. The first-order valence-electron chi connectivity index (χ1n) is 8.63. The number of nitrogens with one attached hydrogen (secondary N) is 1. The second kappa shape index (κ2) is 7.47. The summed E-state index contributed by atoms with van der Waals surface area (Å²) in [5.74, 6) is 1.47. The lowest BCUT2D eigenvalue weighted by molar-refractivity contribution is -0.122. The van der Waals surface area contributed by atoms with Gasteiger partial charge >= 0.3 is 0 Å². The number of fused-ring (bicyclic) bond motifs is 1. The Hall–Kier alpha value is -2.36. The van der Waals surface area contributed by atoms with Gasteiger partial charge in [0, 0.05) is 30.8 Å². The summed E-state index contributed by atoms with van der Waals surface area (Å²) in [5, 5.41) is 3.01. The lowest BCUT2D eigenvalue weighted by atomic mass is 10.0. The van der Waals surface area contributed by atoms with Crippen LogP contribution in [0.1, 0.15) is 32.3 Å². The first-order chi connectivity index (χ1) is 11.7. The minimum Gasteiger partial charge on any atom is -0.487 e. The first kappa shape index (κ1) is 16.5. The fraction of sp³-hybridized carbons (Fsp3) is 0.400. The number of nitrogens with zero attached hydrogens (tertiary/aromatic N) is 1. The summed E-state index contributed by atoms with van der Waals surface area (Å²) in [4.78, 5) is 16.0. The van der Waals surface area contributed by atoms with Crippen molar-refractivity contribution >= 4 is 5.91 Å². The van der Waals surface area contributed by atoms with E-state index in [9.17, 15) is 4.79 Å². The van der Waals surface area contributed by atoms with Crippen LogP contribution < -0.4 is 10.1 Å². The average molecular weight is 324 g/mol. The minimum atomic E-state index is 0.00358. The molecule has 4 heteroatoms. The molecule has 0 fully saturated rings. The van der Waals surface area contributed by atoms with Crippen molar-refractivity contribution in [3.63, 3.8) is 0 Å². The summed E-state index contributed by atoms with van der Waals surface area (Å²) in [5.41, 5.74) is 3.39. The first-order valence-corrected chi connectivity index (χ1v) is 8.63. The van der Waals surface area contributed by atoms with Crippen molar-refractivity contribution in [2.45, 2.75) is 39.2 Å². The Kier molecular flexibility index (Phi) is 5.14. The van der Waals surface area contributed by atoms with Crippen LogP contribution in [0.4, 0.5) is 0 Å². The van der Waals surface area contributed by atoms with Gasteiger partial charge in [-0.3, -0.25) is 9.78 Å². The zero-order valence-electron chi connectivity index (χ0n) is 14.3. The maximum atomic E-state index is 12.0. The van der Waals surface area contributed by atoms with E-state index in [-0.39, 0.29) is 12.0 Å². The SMILES string of the molecule is CC[C@H](C)CC(=O)NC[C@@H]1Cc2cccc(-c3ccncc3)c2O1. The Morgan fingerprint density at radius 2 is 2.12 bits per heavy atom. The second-order valence-corrected chi connectivity index (χ2v) is 6.50. The van der Waals surface area contributed by atoms with E-state index in [0.29, 0.717) is 18.9 Å². The standard InChI is InChI=1S/C20H24N2O2/c1-3-14(2)11-19(23)22-13-17-12-16-5-4-6-18(20(16)24-17)15-7-9-21-10-8-15/h4-10,14,17H,3,11-13H2,1-2H3,(H,22,23)/t14-,17-/m0/s1. The van der Waals surface area contributed by atoms with Gasteiger partial charge in [-0.1, -0.05) is 38.5 Å². The summed E-state index contributed by atoms with van der Waals surface area (Å²) < 4.78 is 6.14. The van der Waals surface area contributed by atoms with Gasteiger partial charge in [0.25, 0.3) is 0 Å². The molecular weight excluding hydrogens is 300 g/mol. The molecule has 1 amide bonds. The van der Waals surface area contributed by atoms with Gasteiger partial charge in [0.1, 0.15) is 11.9 Å². The Morgan fingerprint density at radius 3 is 2.88 bits per heavy atom. The van der Waals surface area contributed by atoms with Crippen molar-refractivity contribution in [2.75, 3.05) is 6.54 Å². The molecule has 24 heavy (non-hydrogen) atoms. The molecule has 4 nitrogen and oxygen atoms in total. The van der Waals surface area contributed by atoms with Gasteiger partial charge in [-0.05, 0) is 29.2 Å². The van der Waals surface area contributed by atoms with Gasteiger partial charge in [-0.15, -0.1) is 0 Å². The van der Waals surface area contributed by atoms with Gasteiger partial charge < -0.3 is 10.1 Å². The number of carbonyl (C=O) groups is 1. The molecule has 1 aliphatic heterocycles. The van der Waals surface area contributed by atoms with E-state index in [2.05, 4.69) is 42.3 Å². The zero-order valence-corrected chi connectivity index (χ0v) is 14.3. The third-order valence-corrected chi connectivity index (χ3v) is 4.58. The Balaban J connectivity index is 1.64. The van der Waals surface area contributed by atoms with Crippen LogP contribution in [0.2, 0.25) is 0 Å². The molecular formula is C20H24N2O2. The topological polar surface area (TPSA) is 51.2 Å². The Morgan fingerprint density at radius 1 is 1.33 bits per heavy atom. The van der Waals surface area contributed by atoms with Crippen molar-refractivity contribution in [3.8, 4) is 16.9 Å². The lowest BCUT2D eigenvalue weighted by Gasteiger charge is -2.14. The maximum Gasteiger partial charge on any atom is 0.220 e. The average Bonchev–Trinajstić information content (AvgIpc) is 3.03. The van der Waals surface area contributed by atoms with Gasteiger partial charge in [-0.25, -0.2) is 0 Å². The maximum absolute atomic E-state index is 12.0. The van der Waals surface area contributed by atoms with Crippen LogP contribution in [0.25, 0.3) is 11.1 Å². The number of hydrogen-bond donors (Lipinski definition) is 1. The highest BCUT2D eigenvalue weighted by atomic mass is 16.5. The van der Waals surface area contributed by atoms with E-state index in [0.717, 1.165) is 29.7 Å². The van der Waals surface area contributed by atoms with Gasteiger partial charge in [0.05, 0.1) is 6.54 Å². The van der Waals surface area contributed by atoms with Crippen molar-refractivity contribution in [3.05, 3.63) is 48.3 Å². The molecule has 0 saturated heterocycles. The van der Waals surface area contributed by atoms with Crippen molar-refractivity contribution in [2.24, 2.45) is 5.92 Å². The van der Waals surface area contributed by atoms with Crippen LogP contribution in [-0.4, -0.2) is 23.5 Å². The number of benzene rings is 1. The lowest BCUT2D eigenvalue weighted by Crippen LogP contribution is -2.35. The smallest absolute Gasteiger partial charge is 0.220 e. The number of hydrogen-bond acceptors (Lipinski definition) is 3. The molecule has 0 spiro atoms. The Bertz CT molecular complexity index is 700. The van der Waals surface area contributed by atoms with E-state index in [1.165, 1.54) is 5.56 Å². The van der Waals surface area contributed by atoms with Crippen LogP contribution in [-0.2, 0) is 11.2 Å². The fourth-order valence-electron chi connectivity index (χ4n) is 2.97. The van der Waals surface area contributed by atoms with E-state index in [1.54, 1.807) is 12.4 Å². The number of aromatic nitrogens is 1. The summed E-state index contributed by atoms with van der Waals surface area (Å²) >= 11 is 0. The molecule has 1 aromatic heterocycles. The van der Waals surface area contributed by atoms with E-state index < -0.39 is 0 Å². The number of pyridine rings is 1. The molecule has 1 aromatic carbocycles. The second-order valence-electron chi connectivity index (χ2n) is 6.50. The summed E-state index contributed by atoms with van der Waals surface area (Å²) in [7, 11) is 0. The molecule has 0 radical (unpaired) electrons. The predicted octanol–water partition coefficient (Wildman–Crippen LogP) is 3.60. The number of para-hydroxylation sites is 1. The highest BCUT2D eigenvalue weighted by Gasteiger charge is 2.26. The Labute approximate surface area is 143 Å². The van der Waals surface area contributed by atoms with Crippen LogP contribution in [0, 0.1) is 5.92 Å². The molecule has 3 rings (SSSR count). The zero-order chi connectivity index (χ0) is 16.9. The number of carbonyl (C=O) groups excluding carboxylic acids is 1. The van der Waals surface area contributed by atoms with Gasteiger partial charge in [-0.2, -0.15) is 0 Å². The highest BCUT2D eigenvalue weighted by molar-refractivity contribution is 5.76.